The Kier molecular flexibility index (Phi) is 4.48. The Balaban J connectivity index is 2.18. The Morgan fingerprint density at radius 3 is 2.61 bits per heavy atom. The SMILES string of the molecule is Cc1ccc(=O)n(CC(=O)Nc2ccc(F)c(C(F)(F)F)c2)n1. The summed E-state index contributed by atoms with van der Waals surface area (Å²) in [5, 5.41) is 6.00. The number of benzene rings is 1. The highest BCUT2D eigenvalue weighted by Gasteiger charge is 2.34. The van der Waals surface area contributed by atoms with Gasteiger partial charge in [-0.15, -0.1) is 0 Å². The predicted molar refractivity (Wildman–Crippen MR) is 73.3 cm³/mol. The van der Waals surface area contributed by atoms with E-state index in [9.17, 15) is 27.2 Å². The average molecular weight is 329 g/mol. The summed E-state index contributed by atoms with van der Waals surface area (Å²) in [5.41, 5.74) is -1.75. The van der Waals surface area contributed by atoms with Crippen LogP contribution in [-0.2, 0) is 17.5 Å². The van der Waals surface area contributed by atoms with Gasteiger partial charge in [-0.1, -0.05) is 0 Å². The number of nitrogens with zero attached hydrogens (tertiary/aromatic N) is 2. The zero-order chi connectivity index (χ0) is 17.2. The van der Waals surface area contributed by atoms with E-state index in [0.29, 0.717) is 17.8 Å². The number of aryl methyl sites for hydroxylation is 1. The van der Waals surface area contributed by atoms with Gasteiger partial charge in [-0.25, -0.2) is 9.07 Å². The number of carbonyl (C=O) groups excluding carboxylic acids is 1. The highest BCUT2D eigenvalue weighted by molar-refractivity contribution is 5.90. The minimum absolute atomic E-state index is 0.232. The van der Waals surface area contributed by atoms with Gasteiger partial charge in [0, 0.05) is 11.8 Å². The van der Waals surface area contributed by atoms with Gasteiger partial charge in [0.15, 0.2) is 0 Å². The van der Waals surface area contributed by atoms with Crippen LogP contribution < -0.4 is 10.9 Å². The van der Waals surface area contributed by atoms with Gasteiger partial charge in [0.25, 0.3) is 5.56 Å². The second-order valence-electron chi connectivity index (χ2n) is 4.71. The van der Waals surface area contributed by atoms with Crippen LogP contribution in [0.25, 0.3) is 0 Å². The normalized spacial score (nSPS) is 11.3. The van der Waals surface area contributed by atoms with Gasteiger partial charge in [0.1, 0.15) is 12.4 Å². The first-order valence-electron chi connectivity index (χ1n) is 6.38. The number of carbonyl (C=O) groups is 1. The number of amides is 1. The third-order valence-corrected chi connectivity index (χ3v) is 2.85. The molecule has 5 nitrogen and oxygen atoms in total. The third kappa shape index (κ3) is 4.15. The van der Waals surface area contributed by atoms with E-state index in [-0.39, 0.29) is 5.69 Å². The van der Waals surface area contributed by atoms with Crippen molar-refractivity contribution >= 4 is 11.6 Å². The maximum atomic E-state index is 13.2. The molecule has 0 unspecified atom stereocenters. The Morgan fingerprint density at radius 2 is 1.96 bits per heavy atom. The minimum atomic E-state index is -4.88. The fourth-order valence-electron chi connectivity index (χ4n) is 1.82. The maximum Gasteiger partial charge on any atom is 0.419 e. The van der Waals surface area contributed by atoms with Crippen LogP contribution in [0.1, 0.15) is 11.3 Å². The lowest BCUT2D eigenvalue weighted by molar-refractivity contribution is -0.140. The molecule has 1 aromatic carbocycles. The number of rotatable bonds is 3. The summed E-state index contributed by atoms with van der Waals surface area (Å²) in [4.78, 5) is 23.3. The molecule has 1 heterocycles. The number of anilines is 1. The van der Waals surface area contributed by atoms with Crippen molar-refractivity contribution in [3.8, 4) is 0 Å². The van der Waals surface area contributed by atoms with E-state index in [4.69, 9.17) is 0 Å². The topological polar surface area (TPSA) is 64.0 Å². The fraction of sp³-hybridized carbons (Fsp3) is 0.214. The van der Waals surface area contributed by atoms with E-state index in [2.05, 4.69) is 10.4 Å². The van der Waals surface area contributed by atoms with Gasteiger partial charge < -0.3 is 5.32 Å². The number of hydrogen-bond donors (Lipinski definition) is 1. The minimum Gasteiger partial charge on any atom is -0.324 e. The van der Waals surface area contributed by atoms with Gasteiger partial charge in [-0.05, 0) is 31.2 Å². The number of aromatic nitrogens is 2. The van der Waals surface area contributed by atoms with Crippen LogP contribution in [0.5, 0.6) is 0 Å². The molecular weight excluding hydrogens is 318 g/mol. The summed E-state index contributed by atoms with van der Waals surface area (Å²) >= 11 is 0. The fourth-order valence-corrected chi connectivity index (χ4v) is 1.82. The van der Waals surface area contributed by atoms with Gasteiger partial charge in [0.2, 0.25) is 5.91 Å². The molecule has 0 atom stereocenters. The van der Waals surface area contributed by atoms with E-state index < -0.39 is 35.6 Å². The largest absolute Gasteiger partial charge is 0.419 e. The molecule has 1 amide bonds. The molecule has 0 radical (unpaired) electrons. The van der Waals surface area contributed by atoms with Crippen molar-refractivity contribution in [3.63, 3.8) is 0 Å². The summed E-state index contributed by atoms with van der Waals surface area (Å²) in [6.07, 6.45) is -4.88. The number of nitrogens with one attached hydrogen (secondary N) is 1. The van der Waals surface area contributed by atoms with Gasteiger partial charge in [0.05, 0.1) is 11.3 Å². The summed E-state index contributed by atoms with van der Waals surface area (Å²) < 4.78 is 51.8. The molecule has 0 saturated carbocycles. The Hall–Kier alpha value is -2.71. The maximum absolute atomic E-state index is 13.2. The smallest absolute Gasteiger partial charge is 0.324 e. The third-order valence-electron chi connectivity index (χ3n) is 2.85. The van der Waals surface area contributed by atoms with Crippen molar-refractivity contribution in [2.75, 3.05) is 5.32 Å². The van der Waals surface area contributed by atoms with E-state index >= 15 is 0 Å². The van der Waals surface area contributed by atoms with E-state index in [0.717, 1.165) is 10.7 Å². The van der Waals surface area contributed by atoms with Gasteiger partial charge in [-0.3, -0.25) is 9.59 Å². The van der Waals surface area contributed by atoms with Crippen LogP contribution in [0.15, 0.2) is 35.1 Å². The monoisotopic (exact) mass is 329 g/mol. The summed E-state index contributed by atoms with van der Waals surface area (Å²) in [6.45, 7) is 1.14. The molecule has 23 heavy (non-hydrogen) atoms. The molecule has 1 N–H and O–H groups in total. The molecular formula is C14H11F4N3O2. The first-order chi connectivity index (χ1) is 10.7. The predicted octanol–water partition coefficient (Wildman–Crippen LogP) is 2.35. The average Bonchev–Trinajstić information content (AvgIpc) is 2.44. The zero-order valence-corrected chi connectivity index (χ0v) is 11.8. The second-order valence-corrected chi connectivity index (χ2v) is 4.71. The molecule has 0 bridgehead atoms. The van der Waals surface area contributed by atoms with Crippen LogP contribution >= 0.6 is 0 Å². The Labute approximate surface area is 127 Å². The lowest BCUT2D eigenvalue weighted by Gasteiger charge is -2.11. The molecule has 0 aliphatic rings. The first-order valence-corrected chi connectivity index (χ1v) is 6.38. The van der Waals surface area contributed by atoms with Crippen molar-refractivity contribution in [2.45, 2.75) is 19.6 Å². The summed E-state index contributed by atoms with van der Waals surface area (Å²) in [7, 11) is 0. The van der Waals surface area contributed by atoms with Crippen LogP contribution in [0, 0.1) is 12.7 Å². The summed E-state index contributed by atoms with van der Waals surface area (Å²) in [6, 6.07) is 4.77. The molecule has 0 aliphatic heterocycles. The Morgan fingerprint density at radius 1 is 1.26 bits per heavy atom. The molecule has 2 aromatic rings. The molecule has 0 saturated heterocycles. The lowest BCUT2D eigenvalue weighted by atomic mass is 10.2. The molecule has 122 valence electrons. The molecule has 0 fully saturated rings. The Bertz CT molecular complexity index is 799. The number of halogens is 4. The quantitative estimate of drug-likeness (QED) is 0.879. The molecule has 0 spiro atoms. The van der Waals surface area contributed by atoms with E-state index in [1.54, 1.807) is 6.92 Å². The molecule has 9 heteroatoms. The highest BCUT2D eigenvalue weighted by atomic mass is 19.4. The van der Waals surface area contributed by atoms with Crippen molar-refractivity contribution in [3.05, 3.63) is 57.8 Å². The van der Waals surface area contributed by atoms with Crippen LogP contribution in [0.3, 0.4) is 0 Å². The van der Waals surface area contributed by atoms with Crippen molar-refractivity contribution in [1.29, 1.82) is 0 Å². The standard InChI is InChI=1S/C14H11F4N3O2/c1-8-2-5-13(23)21(20-8)7-12(22)19-9-3-4-11(15)10(6-9)14(16,17)18/h2-6H,7H2,1H3,(H,19,22). The lowest BCUT2D eigenvalue weighted by Crippen LogP contribution is -2.29. The zero-order valence-electron chi connectivity index (χ0n) is 11.8. The van der Waals surface area contributed by atoms with Crippen LogP contribution in [-0.4, -0.2) is 15.7 Å². The van der Waals surface area contributed by atoms with Crippen molar-refractivity contribution in [1.82, 2.24) is 9.78 Å². The first kappa shape index (κ1) is 16.7. The van der Waals surface area contributed by atoms with E-state index in [1.807, 2.05) is 0 Å². The highest BCUT2D eigenvalue weighted by Crippen LogP contribution is 2.32. The van der Waals surface area contributed by atoms with E-state index in [1.165, 1.54) is 12.1 Å². The van der Waals surface area contributed by atoms with Crippen LogP contribution in [0.2, 0.25) is 0 Å². The van der Waals surface area contributed by atoms with Crippen molar-refractivity contribution in [2.24, 2.45) is 0 Å². The van der Waals surface area contributed by atoms with Crippen LogP contribution in [0.4, 0.5) is 23.2 Å². The molecule has 2 rings (SSSR count). The molecule has 1 aromatic heterocycles. The summed E-state index contributed by atoms with van der Waals surface area (Å²) in [5.74, 6) is -2.20. The second kappa shape index (κ2) is 6.19. The van der Waals surface area contributed by atoms with Crippen molar-refractivity contribution < 1.29 is 22.4 Å². The number of hydrogen-bond acceptors (Lipinski definition) is 3. The number of alkyl halides is 3. The van der Waals surface area contributed by atoms with Gasteiger partial charge in [-0.2, -0.15) is 18.3 Å². The molecule has 0 aliphatic carbocycles. The van der Waals surface area contributed by atoms with Gasteiger partial charge >= 0.3 is 6.18 Å².